The van der Waals surface area contributed by atoms with E-state index in [1.54, 1.807) is 12.3 Å². The summed E-state index contributed by atoms with van der Waals surface area (Å²) in [5.74, 6) is 0.699. The zero-order valence-electron chi connectivity index (χ0n) is 11.3. The highest BCUT2D eigenvalue weighted by Crippen LogP contribution is 2.22. The summed E-state index contributed by atoms with van der Waals surface area (Å²) in [6.07, 6.45) is 5.28. The Morgan fingerprint density at radius 2 is 2.32 bits per heavy atom. The van der Waals surface area contributed by atoms with Crippen LogP contribution in [0.15, 0.2) is 22.8 Å². The molecule has 0 spiro atoms. The number of hydrogen-bond donors (Lipinski definition) is 2. The summed E-state index contributed by atoms with van der Waals surface area (Å²) in [5.41, 5.74) is 0. The fourth-order valence-electron chi connectivity index (χ4n) is 2.60. The molecule has 1 aliphatic rings. The molecule has 0 aromatic carbocycles. The summed E-state index contributed by atoms with van der Waals surface area (Å²) in [4.78, 5) is 13.8. The van der Waals surface area contributed by atoms with Crippen molar-refractivity contribution >= 4 is 5.91 Å². The van der Waals surface area contributed by atoms with E-state index >= 15 is 0 Å². The summed E-state index contributed by atoms with van der Waals surface area (Å²) in [7, 11) is 1.89. The molecule has 1 aromatic rings. The summed E-state index contributed by atoms with van der Waals surface area (Å²) < 4.78 is 5.15. The number of nitrogens with one attached hydrogen (secondary N) is 1. The van der Waals surface area contributed by atoms with Crippen LogP contribution in [0.2, 0.25) is 0 Å². The molecule has 5 heteroatoms. The average Bonchev–Trinajstić information content (AvgIpc) is 2.90. The molecule has 106 valence electrons. The molecule has 1 amide bonds. The molecule has 0 radical (unpaired) electrons. The van der Waals surface area contributed by atoms with Crippen LogP contribution in [0.25, 0.3) is 0 Å². The van der Waals surface area contributed by atoms with Crippen molar-refractivity contribution in [2.75, 3.05) is 13.6 Å². The number of rotatable bonds is 5. The SMILES string of the molecule is CN(CC(=O)NCc1ccco1)C1CCCCC1O. The minimum atomic E-state index is -0.309. The Morgan fingerprint density at radius 3 is 3.00 bits per heavy atom. The number of nitrogens with zero attached hydrogens (tertiary/aromatic N) is 1. The third-order valence-corrected chi connectivity index (χ3v) is 3.69. The number of aliphatic hydroxyl groups excluding tert-OH is 1. The van der Waals surface area contributed by atoms with Gasteiger partial charge in [-0.25, -0.2) is 0 Å². The fraction of sp³-hybridized carbons (Fsp3) is 0.643. The van der Waals surface area contributed by atoms with Crippen LogP contribution in [0.5, 0.6) is 0 Å². The largest absolute Gasteiger partial charge is 0.467 e. The second-order valence-corrected chi connectivity index (χ2v) is 5.19. The first-order valence-electron chi connectivity index (χ1n) is 6.84. The lowest BCUT2D eigenvalue weighted by molar-refractivity contribution is -0.123. The van der Waals surface area contributed by atoms with Crippen LogP contribution in [0, 0.1) is 0 Å². The van der Waals surface area contributed by atoms with Gasteiger partial charge in [0.05, 0.1) is 25.5 Å². The first-order chi connectivity index (χ1) is 9.16. The third-order valence-electron chi connectivity index (χ3n) is 3.69. The Kier molecular flexibility index (Phi) is 4.99. The predicted octanol–water partition coefficient (Wildman–Crippen LogP) is 1.13. The molecule has 1 heterocycles. The van der Waals surface area contributed by atoms with E-state index in [1.165, 1.54) is 0 Å². The topological polar surface area (TPSA) is 65.7 Å². The summed E-state index contributed by atoms with van der Waals surface area (Å²) >= 11 is 0. The molecule has 2 unspecified atom stereocenters. The minimum absolute atomic E-state index is 0.0447. The Balaban J connectivity index is 1.74. The van der Waals surface area contributed by atoms with Gasteiger partial charge in [-0.1, -0.05) is 12.8 Å². The van der Waals surface area contributed by atoms with Gasteiger partial charge in [0.1, 0.15) is 5.76 Å². The summed E-state index contributed by atoms with van der Waals surface area (Å²) in [6, 6.07) is 3.73. The molecular weight excluding hydrogens is 244 g/mol. The molecule has 5 nitrogen and oxygen atoms in total. The van der Waals surface area contributed by atoms with Crippen molar-refractivity contribution in [3.8, 4) is 0 Å². The van der Waals surface area contributed by atoms with Gasteiger partial charge >= 0.3 is 0 Å². The van der Waals surface area contributed by atoms with Gasteiger partial charge in [-0.2, -0.15) is 0 Å². The lowest BCUT2D eigenvalue weighted by Crippen LogP contribution is -2.47. The van der Waals surface area contributed by atoms with Gasteiger partial charge in [-0.05, 0) is 32.0 Å². The lowest BCUT2D eigenvalue weighted by atomic mass is 9.91. The van der Waals surface area contributed by atoms with Gasteiger partial charge in [0.15, 0.2) is 0 Å². The minimum Gasteiger partial charge on any atom is -0.467 e. The second-order valence-electron chi connectivity index (χ2n) is 5.19. The van der Waals surface area contributed by atoms with Gasteiger partial charge in [0, 0.05) is 6.04 Å². The molecular formula is C14H22N2O3. The van der Waals surface area contributed by atoms with E-state index in [4.69, 9.17) is 4.42 Å². The maximum absolute atomic E-state index is 11.8. The van der Waals surface area contributed by atoms with E-state index in [0.717, 1.165) is 31.4 Å². The Labute approximate surface area is 113 Å². The Morgan fingerprint density at radius 1 is 1.53 bits per heavy atom. The highest BCUT2D eigenvalue weighted by atomic mass is 16.3. The zero-order chi connectivity index (χ0) is 13.7. The summed E-state index contributed by atoms with van der Waals surface area (Å²) in [5, 5.41) is 12.8. The van der Waals surface area contributed by atoms with Gasteiger partial charge < -0.3 is 14.8 Å². The summed E-state index contributed by atoms with van der Waals surface area (Å²) in [6.45, 7) is 0.718. The molecule has 0 aliphatic heterocycles. The number of likely N-dealkylation sites (N-methyl/N-ethyl adjacent to an activating group) is 1. The standard InChI is InChI=1S/C14H22N2O3/c1-16(12-6-2-3-7-13(12)17)10-14(18)15-9-11-5-4-8-19-11/h4-5,8,12-13,17H,2-3,6-7,9-10H2,1H3,(H,15,18). The maximum atomic E-state index is 11.8. The quantitative estimate of drug-likeness (QED) is 0.838. The molecule has 0 saturated heterocycles. The third kappa shape index (κ3) is 4.08. The zero-order valence-corrected chi connectivity index (χ0v) is 11.3. The van der Waals surface area contributed by atoms with E-state index in [-0.39, 0.29) is 18.1 Å². The fourth-order valence-corrected chi connectivity index (χ4v) is 2.60. The van der Waals surface area contributed by atoms with Gasteiger partial charge in [-0.3, -0.25) is 9.69 Å². The molecule has 2 N–H and O–H groups in total. The highest BCUT2D eigenvalue weighted by molar-refractivity contribution is 5.77. The Hall–Kier alpha value is -1.33. The van der Waals surface area contributed by atoms with Crippen molar-refractivity contribution in [3.05, 3.63) is 24.2 Å². The van der Waals surface area contributed by atoms with Gasteiger partial charge in [0.25, 0.3) is 0 Å². The number of aliphatic hydroxyl groups is 1. The monoisotopic (exact) mass is 266 g/mol. The Bertz CT molecular complexity index is 391. The van der Waals surface area contributed by atoms with Crippen LogP contribution in [0.3, 0.4) is 0 Å². The first kappa shape index (κ1) is 14.1. The van der Waals surface area contributed by atoms with E-state index in [9.17, 15) is 9.90 Å². The van der Waals surface area contributed by atoms with Gasteiger partial charge in [-0.15, -0.1) is 0 Å². The van der Waals surface area contributed by atoms with Crippen molar-refractivity contribution in [2.45, 2.75) is 44.4 Å². The van der Waals surface area contributed by atoms with E-state index < -0.39 is 0 Å². The molecule has 1 aromatic heterocycles. The van der Waals surface area contributed by atoms with Crippen molar-refractivity contribution in [2.24, 2.45) is 0 Å². The van der Waals surface area contributed by atoms with Crippen molar-refractivity contribution in [3.63, 3.8) is 0 Å². The molecule has 2 rings (SSSR count). The number of hydrogen-bond acceptors (Lipinski definition) is 4. The average molecular weight is 266 g/mol. The smallest absolute Gasteiger partial charge is 0.234 e. The highest BCUT2D eigenvalue weighted by Gasteiger charge is 2.27. The molecule has 1 aliphatic carbocycles. The molecule has 2 atom stereocenters. The predicted molar refractivity (Wildman–Crippen MR) is 71.4 cm³/mol. The van der Waals surface area contributed by atoms with Crippen LogP contribution in [0.1, 0.15) is 31.4 Å². The van der Waals surface area contributed by atoms with Crippen LogP contribution in [-0.4, -0.2) is 41.7 Å². The maximum Gasteiger partial charge on any atom is 0.234 e. The van der Waals surface area contributed by atoms with Crippen LogP contribution >= 0.6 is 0 Å². The number of furan rings is 1. The number of carbonyl (C=O) groups is 1. The van der Waals surface area contributed by atoms with Gasteiger partial charge in [0.2, 0.25) is 5.91 Å². The van der Waals surface area contributed by atoms with Crippen molar-refractivity contribution < 1.29 is 14.3 Å². The van der Waals surface area contributed by atoms with E-state index in [1.807, 2.05) is 18.0 Å². The first-order valence-corrected chi connectivity index (χ1v) is 6.84. The number of amides is 1. The molecule has 1 saturated carbocycles. The van der Waals surface area contributed by atoms with E-state index in [2.05, 4.69) is 5.32 Å². The lowest BCUT2D eigenvalue weighted by Gasteiger charge is -2.34. The van der Waals surface area contributed by atoms with Crippen LogP contribution in [-0.2, 0) is 11.3 Å². The molecule has 19 heavy (non-hydrogen) atoms. The van der Waals surface area contributed by atoms with Crippen LogP contribution in [0.4, 0.5) is 0 Å². The number of carbonyl (C=O) groups excluding carboxylic acids is 1. The molecule has 0 bridgehead atoms. The van der Waals surface area contributed by atoms with Crippen LogP contribution < -0.4 is 5.32 Å². The molecule has 1 fully saturated rings. The van der Waals surface area contributed by atoms with Crippen molar-refractivity contribution in [1.29, 1.82) is 0 Å². The van der Waals surface area contributed by atoms with Crippen molar-refractivity contribution in [1.82, 2.24) is 10.2 Å². The van der Waals surface area contributed by atoms with E-state index in [0.29, 0.717) is 13.1 Å². The second kappa shape index (κ2) is 6.73. The normalized spacial score (nSPS) is 23.5.